The first-order chi connectivity index (χ1) is 24.2. The highest BCUT2D eigenvalue weighted by atomic mass is 16.5. The summed E-state index contributed by atoms with van der Waals surface area (Å²) in [4.78, 5) is 13.0. The van der Waals surface area contributed by atoms with Crippen LogP contribution in [0.15, 0.2) is 60.7 Å². The number of piperidine rings is 1. The van der Waals surface area contributed by atoms with E-state index in [2.05, 4.69) is 17.4 Å². The molecule has 3 aromatic carbocycles. The zero-order valence-corrected chi connectivity index (χ0v) is 29.1. The molecular formula is C41H54N2O7. The summed E-state index contributed by atoms with van der Waals surface area (Å²) in [5.74, 6) is -0.182. The van der Waals surface area contributed by atoms with Crippen molar-refractivity contribution >= 4 is 5.78 Å². The third-order valence-corrected chi connectivity index (χ3v) is 11.7. The van der Waals surface area contributed by atoms with Gasteiger partial charge in [-0.3, -0.25) is 10.5 Å². The van der Waals surface area contributed by atoms with Crippen molar-refractivity contribution < 1.29 is 34.7 Å². The van der Waals surface area contributed by atoms with Crippen LogP contribution in [-0.4, -0.2) is 57.2 Å². The number of aromatic hydroxyl groups is 3. The predicted molar refractivity (Wildman–Crippen MR) is 193 cm³/mol. The zero-order valence-electron chi connectivity index (χ0n) is 29.1. The largest absolute Gasteiger partial charge is 0.504 e. The van der Waals surface area contributed by atoms with Crippen molar-refractivity contribution in [1.29, 1.82) is 0 Å². The minimum Gasteiger partial charge on any atom is -0.504 e. The Kier molecular flexibility index (Phi) is 11.6. The number of Topliss-reactive ketones (excluding diaryl/α,β-unsaturated/α-hetero) is 1. The van der Waals surface area contributed by atoms with E-state index in [1.54, 1.807) is 18.2 Å². The Bertz CT molecular complexity index is 1580. The first kappa shape index (κ1) is 36.0. The quantitative estimate of drug-likeness (QED) is 0.0751. The van der Waals surface area contributed by atoms with Gasteiger partial charge >= 0.3 is 0 Å². The van der Waals surface area contributed by atoms with Crippen LogP contribution in [0.3, 0.4) is 0 Å². The number of ketones is 1. The molecule has 0 aromatic heterocycles. The van der Waals surface area contributed by atoms with Gasteiger partial charge in [0.15, 0.2) is 23.0 Å². The van der Waals surface area contributed by atoms with Gasteiger partial charge in [-0.1, -0.05) is 62.1 Å². The van der Waals surface area contributed by atoms with Gasteiger partial charge in [0.1, 0.15) is 18.6 Å². The second-order valence-electron chi connectivity index (χ2n) is 15.1. The molecule has 3 fully saturated rings. The maximum absolute atomic E-state index is 13.0. The number of carbonyl (C=O) groups excluding carboxylic acids is 1. The second kappa shape index (κ2) is 16.0. The number of carbonyl (C=O) groups is 1. The summed E-state index contributed by atoms with van der Waals surface area (Å²) in [6, 6.07) is 18.5. The Morgan fingerprint density at radius 1 is 0.880 bits per heavy atom. The van der Waals surface area contributed by atoms with Gasteiger partial charge in [-0.15, -0.1) is 0 Å². The monoisotopic (exact) mass is 686 g/mol. The number of aliphatic hydroxyl groups excluding tert-OH is 1. The lowest BCUT2D eigenvalue weighted by atomic mass is 9.70. The van der Waals surface area contributed by atoms with Crippen LogP contribution in [0.5, 0.6) is 28.7 Å². The van der Waals surface area contributed by atoms with Crippen molar-refractivity contribution in [1.82, 2.24) is 5.32 Å². The summed E-state index contributed by atoms with van der Waals surface area (Å²) in [7, 11) is 0. The smallest absolute Gasteiger partial charge is 0.200 e. The van der Waals surface area contributed by atoms with Crippen LogP contribution < -0.4 is 20.5 Å². The van der Waals surface area contributed by atoms with Crippen molar-refractivity contribution in [3.63, 3.8) is 0 Å². The molecule has 0 bridgehead atoms. The van der Waals surface area contributed by atoms with E-state index in [0.717, 1.165) is 61.8 Å². The number of nitrogens with two attached hydrogens (primary N) is 1. The fraction of sp³-hybridized carbons (Fsp3) is 0.537. The molecule has 0 unspecified atom stereocenters. The van der Waals surface area contributed by atoms with Gasteiger partial charge in [-0.25, -0.2) is 0 Å². The van der Waals surface area contributed by atoms with Gasteiger partial charge in [0.2, 0.25) is 5.75 Å². The summed E-state index contributed by atoms with van der Waals surface area (Å²) < 4.78 is 12.1. The van der Waals surface area contributed by atoms with Crippen LogP contribution in [0, 0.1) is 5.41 Å². The molecule has 7 N–H and O–H groups in total. The van der Waals surface area contributed by atoms with Crippen LogP contribution in [0.4, 0.5) is 0 Å². The number of aliphatic hydroxyl groups is 1. The van der Waals surface area contributed by atoms with E-state index in [1.807, 2.05) is 24.3 Å². The highest BCUT2D eigenvalue weighted by Gasteiger charge is 2.52. The first-order valence-corrected chi connectivity index (χ1v) is 18.5. The molecular weight excluding hydrogens is 632 g/mol. The van der Waals surface area contributed by atoms with Crippen molar-refractivity contribution in [3.8, 4) is 28.7 Å². The molecule has 1 aliphatic heterocycles. The van der Waals surface area contributed by atoms with Gasteiger partial charge in [0, 0.05) is 36.8 Å². The van der Waals surface area contributed by atoms with Gasteiger partial charge in [-0.05, 0) is 98.2 Å². The summed E-state index contributed by atoms with van der Waals surface area (Å²) in [6.45, 7) is 0.846. The minimum atomic E-state index is -0.895. The maximum atomic E-state index is 13.0. The van der Waals surface area contributed by atoms with Crippen molar-refractivity contribution in [2.24, 2.45) is 11.1 Å². The Balaban J connectivity index is 1.18. The second-order valence-corrected chi connectivity index (χ2v) is 15.1. The number of phenolic OH excluding ortho intramolecular Hbond substituents is 3. The van der Waals surface area contributed by atoms with Crippen molar-refractivity contribution in [2.75, 3.05) is 13.3 Å². The van der Waals surface area contributed by atoms with Crippen molar-refractivity contribution in [3.05, 3.63) is 77.4 Å². The number of hydrogen-bond acceptors (Lipinski definition) is 9. The summed E-state index contributed by atoms with van der Waals surface area (Å²) in [6.07, 6.45) is 11.5. The summed E-state index contributed by atoms with van der Waals surface area (Å²) in [5.41, 5.74) is 8.30. The molecule has 9 heteroatoms. The molecule has 0 radical (unpaired) electrons. The summed E-state index contributed by atoms with van der Waals surface area (Å²) in [5, 5.41) is 47.3. The Morgan fingerprint density at radius 2 is 1.62 bits per heavy atom. The van der Waals surface area contributed by atoms with Gasteiger partial charge in [0.05, 0.1) is 6.10 Å². The number of aryl methyl sites for hydroxylation is 2. The number of benzene rings is 3. The Morgan fingerprint density at radius 3 is 2.36 bits per heavy atom. The van der Waals surface area contributed by atoms with Crippen LogP contribution in [0.25, 0.3) is 0 Å². The fourth-order valence-electron chi connectivity index (χ4n) is 8.78. The molecule has 6 rings (SSSR count). The predicted octanol–water partition coefficient (Wildman–Crippen LogP) is 6.77. The average molecular weight is 687 g/mol. The van der Waals surface area contributed by atoms with E-state index in [4.69, 9.17) is 15.2 Å². The number of nitrogens with one attached hydrogen (secondary N) is 1. The number of hydrogen-bond donors (Lipinski definition) is 6. The fourth-order valence-corrected chi connectivity index (χ4v) is 8.78. The molecule has 0 amide bonds. The SMILES string of the molecule is NCOc1cc(CCC(=O)C[C@H](O)C[C@H](CCc2ccccc2)c2cc(O)c(O)c(O[C@H]3CC4(CCCC4)NCC34CCCC4)c2)ccc1O. The molecule has 50 heavy (non-hydrogen) atoms. The van der Waals surface area contributed by atoms with E-state index in [-0.39, 0.29) is 71.3 Å². The van der Waals surface area contributed by atoms with Gasteiger partial charge < -0.3 is 35.2 Å². The third-order valence-electron chi connectivity index (χ3n) is 11.7. The third kappa shape index (κ3) is 8.56. The average Bonchev–Trinajstić information content (AvgIpc) is 3.78. The molecule has 270 valence electrons. The maximum Gasteiger partial charge on any atom is 0.200 e. The molecule has 3 aromatic rings. The normalized spacial score (nSPS) is 20.6. The van der Waals surface area contributed by atoms with Gasteiger partial charge in [-0.2, -0.15) is 0 Å². The Labute approximate surface area is 295 Å². The first-order valence-electron chi connectivity index (χ1n) is 18.5. The van der Waals surface area contributed by atoms with E-state index < -0.39 is 6.10 Å². The van der Waals surface area contributed by atoms with Crippen LogP contribution in [0.2, 0.25) is 0 Å². The molecule has 9 nitrogen and oxygen atoms in total. The lowest BCUT2D eigenvalue weighted by Crippen LogP contribution is -2.60. The van der Waals surface area contributed by atoms with E-state index in [0.29, 0.717) is 25.0 Å². The minimum absolute atomic E-state index is 0.000816. The van der Waals surface area contributed by atoms with E-state index in [9.17, 15) is 25.2 Å². The molecule has 1 heterocycles. The molecule has 2 spiro atoms. The zero-order chi connectivity index (χ0) is 35.1. The standard InChI is InChI=1S/C41H54N2O7/c42-27-49-36-20-29(12-15-34(36)46)11-14-32(44)24-33(45)21-30(13-10-28-8-2-1-3-9-28)31-22-35(47)39(48)37(23-31)50-38-25-41(18-6-7-19-41)43-26-40(38)16-4-5-17-40/h1-3,8-9,12,15,20,22-23,30,33,38,43,45-48H,4-7,10-11,13-14,16-19,21,24-27,42H2/t30-,33+,38-/m0/s1. The van der Waals surface area contributed by atoms with Crippen molar-refractivity contribution in [2.45, 2.75) is 120 Å². The molecule has 2 saturated carbocycles. The molecule has 1 saturated heterocycles. The molecule has 3 aliphatic rings. The van der Waals surface area contributed by atoms with Crippen LogP contribution in [0.1, 0.15) is 106 Å². The molecule has 2 aliphatic carbocycles. The van der Waals surface area contributed by atoms with E-state index >= 15 is 0 Å². The lowest BCUT2D eigenvalue weighted by Gasteiger charge is -2.49. The summed E-state index contributed by atoms with van der Waals surface area (Å²) >= 11 is 0. The highest BCUT2D eigenvalue weighted by Crippen LogP contribution is 2.52. The number of phenols is 3. The van der Waals surface area contributed by atoms with Crippen LogP contribution >= 0.6 is 0 Å². The van der Waals surface area contributed by atoms with Gasteiger partial charge in [0.25, 0.3) is 0 Å². The topological polar surface area (TPSA) is 154 Å². The van der Waals surface area contributed by atoms with E-state index in [1.165, 1.54) is 31.7 Å². The molecule has 3 atom stereocenters. The number of rotatable bonds is 15. The lowest BCUT2D eigenvalue weighted by molar-refractivity contribution is -0.121. The highest BCUT2D eigenvalue weighted by molar-refractivity contribution is 5.79. The Hall–Kier alpha value is -3.79. The van der Waals surface area contributed by atoms with Crippen LogP contribution in [-0.2, 0) is 17.6 Å². The number of ether oxygens (including phenoxy) is 2.